The standard InChI is InChI=1S/C20H19N3O2S2/c1-26-20-23-16-8-7-14(11-17(16)27-20)21-18(24)9-6-13-10-12-4-2-3-5-15(12)22-19(13)25/h2-5,7-8,11,13H,6,9-10H2,1H3,(H,21,24)(H,22,25)/t13-/m0/s1. The molecule has 0 radical (unpaired) electrons. The van der Waals surface area contributed by atoms with Crippen molar-refractivity contribution >= 4 is 56.5 Å². The van der Waals surface area contributed by atoms with Gasteiger partial charge in [0.2, 0.25) is 11.8 Å². The molecule has 0 spiro atoms. The lowest BCUT2D eigenvalue weighted by Crippen LogP contribution is -2.30. The van der Waals surface area contributed by atoms with E-state index in [2.05, 4.69) is 15.6 Å². The third-order valence-corrected chi connectivity index (χ3v) is 6.66. The fourth-order valence-electron chi connectivity index (χ4n) is 3.24. The van der Waals surface area contributed by atoms with E-state index in [0.717, 1.165) is 31.5 Å². The first-order chi connectivity index (χ1) is 13.1. The molecule has 3 aromatic rings. The van der Waals surface area contributed by atoms with Crippen molar-refractivity contribution in [3.63, 3.8) is 0 Å². The molecule has 0 unspecified atom stereocenters. The molecule has 138 valence electrons. The Morgan fingerprint density at radius 2 is 2.19 bits per heavy atom. The summed E-state index contributed by atoms with van der Waals surface area (Å²) in [5, 5.41) is 5.87. The summed E-state index contributed by atoms with van der Waals surface area (Å²) < 4.78 is 2.07. The summed E-state index contributed by atoms with van der Waals surface area (Å²) in [7, 11) is 0. The molecule has 7 heteroatoms. The van der Waals surface area contributed by atoms with E-state index in [1.165, 1.54) is 0 Å². The summed E-state index contributed by atoms with van der Waals surface area (Å²) >= 11 is 3.23. The average Bonchev–Trinajstić information content (AvgIpc) is 3.09. The zero-order valence-corrected chi connectivity index (χ0v) is 16.5. The number of anilines is 2. The summed E-state index contributed by atoms with van der Waals surface area (Å²) in [5.74, 6) is -0.244. The second-order valence-electron chi connectivity index (χ2n) is 6.50. The first kappa shape index (κ1) is 18.0. The van der Waals surface area contributed by atoms with Gasteiger partial charge in [0, 0.05) is 23.7 Å². The van der Waals surface area contributed by atoms with Gasteiger partial charge in [-0.25, -0.2) is 4.98 Å². The normalized spacial score (nSPS) is 16.0. The van der Waals surface area contributed by atoms with Gasteiger partial charge in [0.1, 0.15) is 0 Å². The van der Waals surface area contributed by atoms with Gasteiger partial charge in [-0.15, -0.1) is 11.3 Å². The Morgan fingerprint density at radius 3 is 3.04 bits per heavy atom. The number of rotatable bonds is 5. The number of fused-ring (bicyclic) bond motifs is 2. The third kappa shape index (κ3) is 3.99. The number of nitrogens with zero attached hydrogens (tertiary/aromatic N) is 1. The van der Waals surface area contributed by atoms with Crippen LogP contribution in [0.15, 0.2) is 46.8 Å². The van der Waals surface area contributed by atoms with Gasteiger partial charge in [0.25, 0.3) is 0 Å². The molecule has 0 saturated heterocycles. The van der Waals surface area contributed by atoms with Crippen LogP contribution < -0.4 is 10.6 Å². The molecule has 2 amide bonds. The minimum absolute atomic E-state index is 0.00262. The van der Waals surface area contributed by atoms with Crippen molar-refractivity contribution in [1.29, 1.82) is 0 Å². The summed E-state index contributed by atoms with van der Waals surface area (Å²) in [4.78, 5) is 29.1. The van der Waals surface area contributed by atoms with Crippen LogP contribution in [0.1, 0.15) is 18.4 Å². The first-order valence-electron chi connectivity index (χ1n) is 8.75. The molecule has 1 aromatic heterocycles. The van der Waals surface area contributed by atoms with Gasteiger partial charge in [-0.1, -0.05) is 30.0 Å². The minimum Gasteiger partial charge on any atom is -0.326 e. The summed E-state index contributed by atoms with van der Waals surface area (Å²) in [6, 6.07) is 13.6. The van der Waals surface area contributed by atoms with Crippen LogP contribution in [0, 0.1) is 5.92 Å². The zero-order chi connectivity index (χ0) is 18.8. The van der Waals surface area contributed by atoms with Gasteiger partial charge in [-0.05, 0) is 48.9 Å². The summed E-state index contributed by atoms with van der Waals surface area (Å²) in [5.41, 5.74) is 3.72. The number of aromatic nitrogens is 1. The number of para-hydroxylation sites is 1. The molecule has 0 fully saturated rings. The molecule has 0 bridgehead atoms. The number of carbonyl (C=O) groups is 2. The molecule has 4 rings (SSSR count). The Labute approximate surface area is 165 Å². The van der Waals surface area contributed by atoms with Crippen molar-refractivity contribution < 1.29 is 9.59 Å². The molecule has 2 N–H and O–H groups in total. The van der Waals surface area contributed by atoms with E-state index < -0.39 is 0 Å². The fourth-order valence-corrected chi connectivity index (χ4v) is 4.77. The average molecular weight is 398 g/mol. The fraction of sp³-hybridized carbons (Fsp3) is 0.250. The van der Waals surface area contributed by atoms with Crippen molar-refractivity contribution in [3.05, 3.63) is 48.0 Å². The number of hydrogen-bond donors (Lipinski definition) is 2. The Hall–Kier alpha value is -2.38. The maximum absolute atomic E-state index is 12.3. The summed E-state index contributed by atoms with van der Waals surface area (Å²) in [6.07, 6.45) is 3.53. The Morgan fingerprint density at radius 1 is 1.33 bits per heavy atom. The molecular formula is C20H19N3O2S2. The van der Waals surface area contributed by atoms with Crippen LogP contribution >= 0.6 is 23.1 Å². The highest BCUT2D eigenvalue weighted by atomic mass is 32.2. The van der Waals surface area contributed by atoms with Crippen LogP contribution in [0.25, 0.3) is 10.2 Å². The quantitative estimate of drug-likeness (QED) is 0.620. The van der Waals surface area contributed by atoms with Gasteiger partial charge in [-0.3, -0.25) is 9.59 Å². The predicted octanol–water partition coefficient (Wildman–Crippen LogP) is 4.55. The molecule has 5 nitrogen and oxygen atoms in total. The maximum Gasteiger partial charge on any atom is 0.227 e. The lowest BCUT2D eigenvalue weighted by molar-refractivity contribution is -0.121. The largest absolute Gasteiger partial charge is 0.326 e. The van der Waals surface area contributed by atoms with E-state index in [1.807, 2.05) is 48.7 Å². The number of nitrogens with one attached hydrogen (secondary N) is 2. The number of thiazole rings is 1. The second kappa shape index (κ2) is 7.70. The predicted molar refractivity (Wildman–Crippen MR) is 112 cm³/mol. The van der Waals surface area contributed by atoms with Gasteiger partial charge in [-0.2, -0.15) is 0 Å². The van der Waals surface area contributed by atoms with Crippen molar-refractivity contribution in [2.45, 2.75) is 23.6 Å². The molecule has 1 aliphatic rings. The molecule has 27 heavy (non-hydrogen) atoms. The van der Waals surface area contributed by atoms with Crippen molar-refractivity contribution in [2.75, 3.05) is 16.9 Å². The molecule has 2 heterocycles. The topological polar surface area (TPSA) is 71.1 Å². The van der Waals surface area contributed by atoms with Crippen molar-refractivity contribution in [2.24, 2.45) is 5.92 Å². The van der Waals surface area contributed by atoms with E-state index in [4.69, 9.17) is 0 Å². The van der Waals surface area contributed by atoms with Gasteiger partial charge in [0.05, 0.1) is 10.2 Å². The van der Waals surface area contributed by atoms with Crippen LogP contribution in [0.3, 0.4) is 0 Å². The van der Waals surface area contributed by atoms with E-state index in [1.54, 1.807) is 23.1 Å². The van der Waals surface area contributed by atoms with Gasteiger partial charge >= 0.3 is 0 Å². The Balaban J connectivity index is 1.36. The minimum atomic E-state index is -0.168. The highest BCUT2D eigenvalue weighted by Gasteiger charge is 2.26. The lowest BCUT2D eigenvalue weighted by atomic mass is 9.89. The smallest absolute Gasteiger partial charge is 0.227 e. The molecule has 0 aliphatic carbocycles. The molecule has 1 atom stereocenters. The first-order valence-corrected chi connectivity index (χ1v) is 10.8. The third-order valence-electron chi connectivity index (χ3n) is 4.66. The van der Waals surface area contributed by atoms with Gasteiger partial charge in [0.15, 0.2) is 4.34 Å². The van der Waals surface area contributed by atoms with E-state index in [0.29, 0.717) is 19.3 Å². The van der Waals surface area contributed by atoms with Crippen LogP contribution in [0.2, 0.25) is 0 Å². The SMILES string of the molecule is CSc1nc2ccc(NC(=O)CC[C@H]3Cc4ccccc4NC3=O)cc2s1. The molecular weight excluding hydrogens is 378 g/mol. The second-order valence-corrected chi connectivity index (χ2v) is 8.58. The maximum atomic E-state index is 12.3. The highest BCUT2D eigenvalue weighted by molar-refractivity contribution is 8.00. The van der Waals surface area contributed by atoms with Gasteiger partial charge < -0.3 is 10.6 Å². The van der Waals surface area contributed by atoms with E-state index >= 15 is 0 Å². The number of benzene rings is 2. The summed E-state index contributed by atoms with van der Waals surface area (Å²) in [6.45, 7) is 0. The van der Waals surface area contributed by atoms with E-state index in [9.17, 15) is 9.59 Å². The Kier molecular flexibility index (Phi) is 5.13. The van der Waals surface area contributed by atoms with Crippen molar-refractivity contribution in [3.8, 4) is 0 Å². The number of thioether (sulfide) groups is 1. The monoisotopic (exact) mass is 397 g/mol. The molecule has 2 aromatic carbocycles. The van der Waals surface area contributed by atoms with Crippen LogP contribution in [0.5, 0.6) is 0 Å². The Bertz CT molecular complexity index is 1020. The zero-order valence-electron chi connectivity index (χ0n) is 14.8. The molecule has 1 aliphatic heterocycles. The number of amides is 2. The highest BCUT2D eigenvalue weighted by Crippen LogP contribution is 2.30. The molecule has 0 saturated carbocycles. The van der Waals surface area contributed by atoms with E-state index in [-0.39, 0.29) is 17.7 Å². The van der Waals surface area contributed by atoms with Crippen LogP contribution in [-0.4, -0.2) is 23.1 Å². The van der Waals surface area contributed by atoms with Crippen LogP contribution in [0.4, 0.5) is 11.4 Å². The van der Waals surface area contributed by atoms with Crippen LogP contribution in [-0.2, 0) is 16.0 Å². The lowest BCUT2D eigenvalue weighted by Gasteiger charge is -2.24. The number of carbonyl (C=O) groups excluding carboxylic acids is 2. The number of hydrogen-bond acceptors (Lipinski definition) is 5. The van der Waals surface area contributed by atoms with Crippen molar-refractivity contribution in [1.82, 2.24) is 4.98 Å².